The highest BCUT2D eigenvalue weighted by molar-refractivity contribution is 6.67. The molecule has 0 radical (unpaired) electrons. The fourth-order valence-corrected chi connectivity index (χ4v) is 1.52. The van der Waals surface area contributed by atoms with E-state index in [2.05, 4.69) is 4.74 Å². The molecule has 0 aliphatic heterocycles. The Kier molecular flexibility index (Phi) is 6.59. The van der Waals surface area contributed by atoms with Crippen LogP contribution < -0.4 is 10.5 Å². The summed E-state index contributed by atoms with van der Waals surface area (Å²) in [5.41, 5.74) is 5.64. The summed E-state index contributed by atoms with van der Waals surface area (Å²) in [4.78, 5) is 21.0. The van der Waals surface area contributed by atoms with Gasteiger partial charge in [0.15, 0.2) is 0 Å². The maximum absolute atomic E-state index is 11.7. The molecule has 2 aromatic rings. The molecule has 23 heavy (non-hydrogen) atoms. The first kappa shape index (κ1) is 18.5. The van der Waals surface area contributed by atoms with E-state index < -0.39 is 11.6 Å². The molecule has 0 unspecified atom stereocenters. The molecule has 0 heterocycles. The molecule has 0 aromatic heterocycles. The average molecular weight is 346 g/mol. The first-order chi connectivity index (χ1) is 10.7. The summed E-state index contributed by atoms with van der Waals surface area (Å²) in [6, 6.07) is 13.1. The third-order valence-corrected chi connectivity index (χ3v) is 2.59. The molecule has 0 saturated carbocycles. The number of ether oxygens (including phenoxy) is 1. The minimum atomic E-state index is -4.73. The molecule has 122 valence electrons. The Hall–Kier alpha value is -2.54. The number of nitrogens with two attached hydrogens (primary N) is 1. The highest BCUT2D eigenvalue weighted by Crippen LogP contribution is 2.22. The average Bonchev–Trinajstić information content (AvgIpc) is 2.47. The smallest absolute Gasteiger partial charge is 0.406 e. The van der Waals surface area contributed by atoms with Crippen molar-refractivity contribution in [1.29, 1.82) is 0 Å². The number of carbonyl (C=O) groups is 2. The summed E-state index contributed by atoms with van der Waals surface area (Å²) in [7, 11) is 0. The zero-order valence-corrected chi connectivity index (χ0v) is 12.3. The molecule has 2 rings (SSSR count). The van der Waals surface area contributed by atoms with Crippen molar-refractivity contribution in [3.63, 3.8) is 0 Å². The lowest BCUT2D eigenvalue weighted by Crippen LogP contribution is -2.17. The van der Waals surface area contributed by atoms with Gasteiger partial charge in [-0.15, -0.1) is 13.2 Å². The molecule has 8 heteroatoms. The van der Waals surface area contributed by atoms with Gasteiger partial charge in [0.25, 0.3) is 5.24 Å². The lowest BCUT2D eigenvalue weighted by molar-refractivity contribution is -0.274. The molecule has 2 N–H and O–H groups in total. The van der Waals surface area contributed by atoms with Gasteiger partial charge in [0.2, 0.25) is 5.91 Å². The zero-order valence-electron chi connectivity index (χ0n) is 11.5. The first-order valence-electron chi connectivity index (χ1n) is 6.09. The molecule has 0 fully saturated rings. The number of rotatable bonds is 3. The molecular formula is C15H11ClF3NO3. The summed E-state index contributed by atoms with van der Waals surface area (Å²) >= 11 is 5.09. The van der Waals surface area contributed by atoms with Crippen molar-refractivity contribution in [2.24, 2.45) is 5.73 Å². The third kappa shape index (κ3) is 7.32. The summed E-state index contributed by atoms with van der Waals surface area (Å²) in [6.07, 6.45) is -4.73. The van der Waals surface area contributed by atoms with Gasteiger partial charge in [-0.3, -0.25) is 9.59 Å². The van der Waals surface area contributed by atoms with Crippen molar-refractivity contribution >= 4 is 22.8 Å². The molecule has 0 bridgehead atoms. The topological polar surface area (TPSA) is 69.4 Å². The molecule has 1 amide bonds. The summed E-state index contributed by atoms with van der Waals surface area (Å²) in [5.74, 6) is -0.769. The Morgan fingerprint density at radius 2 is 1.43 bits per heavy atom. The molecule has 0 spiro atoms. The Bertz CT molecular complexity index is 658. The van der Waals surface area contributed by atoms with Crippen LogP contribution in [0.5, 0.6) is 5.75 Å². The van der Waals surface area contributed by atoms with E-state index in [9.17, 15) is 22.8 Å². The van der Waals surface area contributed by atoms with Crippen LogP contribution in [0.4, 0.5) is 13.2 Å². The quantitative estimate of drug-likeness (QED) is 0.861. The van der Waals surface area contributed by atoms with Crippen molar-refractivity contribution in [2.45, 2.75) is 6.36 Å². The van der Waals surface area contributed by atoms with Crippen LogP contribution in [-0.4, -0.2) is 17.5 Å². The fraction of sp³-hybridized carbons (Fsp3) is 0.0667. The lowest BCUT2D eigenvalue weighted by atomic mass is 10.2. The van der Waals surface area contributed by atoms with Crippen LogP contribution in [0.2, 0.25) is 0 Å². The van der Waals surface area contributed by atoms with E-state index in [1.165, 1.54) is 0 Å². The van der Waals surface area contributed by atoms with Gasteiger partial charge in [0.05, 0.1) is 0 Å². The predicted molar refractivity (Wildman–Crippen MR) is 78.3 cm³/mol. The van der Waals surface area contributed by atoms with Gasteiger partial charge < -0.3 is 10.5 Å². The molecule has 0 saturated heterocycles. The molecule has 0 aliphatic carbocycles. The Morgan fingerprint density at radius 3 is 1.78 bits per heavy atom. The van der Waals surface area contributed by atoms with E-state index >= 15 is 0 Å². The van der Waals surface area contributed by atoms with Crippen molar-refractivity contribution in [1.82, 2.24) is 0 Å². The van der Waals surface area contributed by atoms with E-state index in [4.69, 9.17) is 17.3 Å². The highest BCUT2D eigenvalue weighted by Gasteiger charge is 2.30. The number of primary amides is 1. The van der Waals surface area contributed by atoms with E-state index in [0.29, 0.717) is 5.56 Å². The second-order valence-electron chi connectivity index (χ2n) is 4.08. The second-order valence-corrected chi connectivity index (χ2v) is 4.42. The summed E-state index contributed by atoms with van der Waals surface area (Å²) < 4.78 is 38.6. The number of benzene rings is 2. The minimum absolute atomic E-state index is 0.112. The Morgan fingerprint density at radius 1 is 0.913 bits per heavy atom. The summed E-state index contributed by atoms with van der Waals surface area (Å²) in [6.45, 7) is 0. The number of amides is 1. The molecule has 4 nitrogen and oxygen atoms in total. The van der Waals surface area contributed by atoms with Crippen LogP contribution in [-0.2, 0) is 0 Å². The van der Waals surface area contributed by atoms with Crippen molar-refractivity contribution in [3.8, 4) is 5.75 Å². The van der Waals surface area contributed by atoms with Crippen molar-refractivity contribution in [3.05, 3.63) is 65.7 Å². The normalized spacial score (nSPS) is 10.3. The van der Waals surface area contributed by atoms with Gasteiger partial charge in [-0.25, -0.2) is 0 Å². The van der Waals surface area contributed by atoms with Gasteiger partial charge in [-0.05, 0) is 48.0 Å². The van der Waals surface area contributed by atoms with Gasteiger partial charge in [0, 0.05) is 11.1 Å². The van der Waals surface area contributed by atoms with Gasteiger partial charge in [-0.1, -0.05) is 18.2 Å². The maximum Gasteiger partial charge on any atom is 0.573 e. The number of carbonyl (C=O) groups excluding carboxylic acids is 2. The second kappa shape index (κ2) is 8.19. The van der Waals surface area contributed by atoms with Crippen molar-refractivity contribution in [2.75, 3.05) is 0 Å². The standard InChI is InChI=1S/C8H4ClF3O2.C7H7NO/c9-7(13)5-1-3-6(4-2-5)14-8(10,11)12;8-7(9)6-4-2-1-3-5-6/h1-4H;1-5H,(H2,8,9). The molecule has 2 aromatic carbocycles. The van der Waals surface area contributed by atoms with Gasteiger partial charge in [-0.2, -0.15) is 0 Å². The highest BCUT2D eigenvalue weighted by atomic mass is 35.5. The fourth-order valence-electron chi connectivity index (χ4n) is 1.39. The van der Waals surface area contributed by atoms with Crippen LogP contribution in [0.3, 0.4) is 0 Å². The van der Waals surface area contributed by atoms with E-state index in [0.717, 1.165) is 24.3 Å². The first-order valence-corrected chi connectivity index (χ1v) is 6.47. The summed E-state index contributed by atoms with van der Waals surface area (Å²) in [5, 5.41) is -0.733. The van der Waals surface area contributed by atoms with Crippen LogP contribution in [0.15, 0.2) is 54.6 Å². The van der Waals surface area contributed by atoms with E-state index in [1.807, 2.05) is 6.07 Å². The third-order valence-electron chi connectivity index (χ3n) is 2.37. The SMILES string of the molecule is NC(=O)c1ccccc1.O=C(Cl)c1ccc(OC(F)(F)F)cc1. The predicted octanol–water partition coefficient (Wildman–Crippen LogP) is 3.75. The van der Waals surface area contributed by atoms with Crippen LogP contribution >= 0.6 is 11.6 Å². The molecule has 0 atom stereocenters. The maximum atomic E-state index is 11.7. The Balaban J connectivity index is 0.000000253. The molecular weight excluding hydrogens is 335 g/mol. The zero-order chi connectivity index (χ0) is 17.5. The van der Waals surface area contributed by atoms with Crippen LogP contribution in [0.25, 0.3) is 0 Å². The van der Waals surface area contributed by atoms with Crippen LogP contribution in [0.1, 0.15) is 20.7 Å². The Labute approximate surface area is 134 Å². The van der Waals surface area contributed by atoms with Gasteiger partial charge in [0.1, 0.15) is 5.75 Å². The number of halogens is 4. The largest absolute Gasteiger partial charge is 0.573 e. The van der Waals surface area contributed by atoms with E-state index in [-0.39, 0.29) is 17.2 Å². The van der Waals surface area contributed by atoms with Crippen LogP contribution in [0, 0.1) is 0 Å². The number of alkyl halides is 3. The number of hydrogen-bond donors (Lipinski definition) is 1. The van der Waals surface area contributed by atoms with Crippen molar-refractivity contribution < 1.29 is 27.5 Å². The monoisotopic (exact) mass is 345 g/mol. The minimum Gasteiger partial charge on any atom is -0.406 e. The number of hydrogen-bond acceptors (Lipinski definition) is 3. The molecule has 0 aliphatic rings. The van der Waals surface area contributed by atoms with Gasteiger partial charge >= 0.3 is 6.36 Å². The van der Waals surface area contributed by atoms with E-state index in [1.54, 1.807) is 24.3 Å². The lowest BCUT2D eigenvalue weighted by Gasteiger charge is -2.08.